The van der Waals surface area contributed by atoms with Crippen molar-refractivity contribution in [1.82, 2.24) is 10.6 Å². The lowest BCUT2D eigenvalue weighted by Gasteiger charge is -2.15. The Morgan fingerprint density at radius 2 is 1.85 bits per heavy atom. The minimum Gasteiger partial charge on any atom is -0.491 e. The predicted octanol–water partition coefficient (Wildman–Crippen LogP) is 4.00. The zero-order valence-corrected chi connectivity index (χ0v) is 18.9. The molecule has 2 bridgehead atoms. The number of fused-ring (bicyclic) bond motifs is 3. The van der Waals surface area contributed by atoms with Crippen LogP contribution in [0, 0.1) is 0 Å². The number of halogens is 1. The van der Waals surface area contributed by atoms with Crippen LogP contribution in [0.4, 0.5) is 0 Å². The first-order chi connectivity index (χ1) is 16.1. The third-order valence-corrected chi connectivity index (χ3v) is 5.54. The number of carbonyl (C=O) groups excluding carboxylic acids is 2. The number of rotatable bonds is 3. The van der Waals surface area contributed by atoms with Crippen molar-refractivity contribution in [3.8, 4) is 5.75 Å². The molecule has 4 rings (SSSR count). The third kappa shape index (κ3) is 6.34. The maximum absolute atomic E-state index is 12.8. The van der Waals surface area contributed by atoms with Crippen LogP contribution in [-0.4, -0.2) is 38.2 Å². The first-order valence-corrected chi connectivity index (χ1v) is 11.2. The van der Waals surface area contributed by atoms with E-state index in [1.165, 1.54) is 0 Å². The standard InChI is InChI=1S/C26H25ClN2O4/c27-23-7-4-18(5-8-23)17-29-26(31)21-6-9-24-22(16-21)15-19-2-1-3-20(14-19)25(30)28-10-11-32-12-13-33-24/h1-9,14,16H,10-13,15,17H2,(H,28,30)(H,29,31). The fourth-order valence-electron chi connectivity index (χ4n) is 3.58. The maximum Gasteiger partial charge on any atom is 0.251 e. The molecule has 0 aliphatic carbocycles. The molecular formula is C26H25ClN2O4. The van der Waals surface area contributed by atoms with E-state index in [2.05, 4.69) is 10.6 Å². The second-order valence-corrected chi connectivity index (χ2v) is 8.16. The number of benzene rings is 3. The van der Waals surface area contributed by atoms with Crippen LogP contribution in [0.15, 0.2) is 66.7 Å². The summed E-state index contributed by atoms with van der Waals surface area (Å²) in [6.07, 6.45) is 0.523. The molecule has 33 heavy (non-hydrogen) atoms. The topological polar surface area (TPSA) is 76.7 Å². The zero-order chi connectivity index (χ0) is 23.0. The molecule has 0 spiro atoms. The monoisotopic (exact) mass is 464 g/mol. The molecule has 0 atom stereocenters. The molecule has 0 saturated heterocycles. The summed E-state index contributed by atoms with van der Waals surface area (Å²) in [5.74, 6) is 0.382. The Balaban J connectivity index is 1.55. The van der Waals surface area contributed by atoms with Gasteiger partial charge in [0, 0.05) is 35.7 Å². The Labute approximate surface area is 197 Å². The van der Waals surface area contributed by atoms with Gasteiger partial charge in [-0.15, -0.1) is 0 Å². The number of hydrogen-bond donors (Lipinski definition) is 2. The van der Waals surface area contributed by atoms with E-state index < -0.39 is 0 Å². The molecule has 0 saturated carbocycles. The number of nitrogens with one attached hydrogen (secondary N) is 2. The van der Waals surface area contributed by atoms with E-state index in [9.17, 15) is 9.59 Å². The van der Waals surface area contributed by atoms with Gasteiger partial charge in [0.1, 0.15) is 12.4 Å². The van der Waals surface area contributed by atoms with Crippen molar-refractivity contribution in [3.63, 3.8) is 0 Å². The van der Waals surface area contributed by atoms with Gasteiger partial charge < -0.3 is 20.1 Å². The van der Waals surface area contributed by atoms with Crippen LogP contribution < -0.4 is 15.4 Å². The maximum atomic E-state index is 12.8. The van der Waals surface area contributed by atoms with Gasteiger partial charge in [-0.1, -0.05) is 35.9 Å². The SMILES string of the molecule is O=C1NCCOCCOc2ccc(C(=O)NCc3ccc(Cl)cc3)cc2Cc2cccc1c2. The Morgan fingerprint density at radius 3 is 2.70 bits per heavy atom. The van der Waals surface area contributed by atoms with Crippen LogP contribution in [0.1, 0.15) is 37.4 Å². The van der Waals surface area contributed by atoms with Gasteiger partial charge in [-0.2, -0.15) is 0 Å². The summed E-state index contributed by atoms with van der Waals surface area (Å²) in [6.45, 7) is 2.04. The van der Waals surface area contributed by atoms with Crippen molar-refractivity contribution >= 4 is 23.4 Å². The molecule has 0 fully saturated rings. The molecule has 7 heteroatoms. The summed E-state index contributed by atoms with van der Waals surface area (Å²) in [5, 5.41) is 6.45. The van der Waals surface area contributed by atoms with E-state index in [1.807, 2.05) is 42.5 Å². The Kier molecular flexibility index (Phi) is 7.60. The van der Waals surface area contributed by atoms with Gasteiger partial charge in [0.15, 0.2) is 0 Å². The van der Waals surface area contributed by atoms with Crippen molar-refractivity contribution in [1.29, 1.82) is 0 Å². The fourth-order valence-corrected chi connectivity index (χ4v) is 3.71. The average molecular weight is 465 g/mol. The highest BCUT2D eigenvalue weighted by Gasteiger charge is 2.13. The summed E-state index contributed by atoms with van der Waals surface area (Å²) >= 11 is 5.92. The van der Waals surface area contributed by atoms with Crippen LogP contribution in [0.5, 0.6) is 5.75 Å². The smallest absolute Gasteiger partial charge is 0.251 e. The molecule has 1 aliphatic heterocycles. The average Bonchev–Trinajstić information content (AvgIpc) is 2.83. The highest BCUT2D eigenvalue weighted by molar-refractivity contribution is 6.30. The quantitative estimate of drug-likeness (QED) is 0.614. The van der Waals surface area contributed by atoms with Crippen molar-refractivity contribution < 1.29 is 19.1 Å². The summed E-state index contributed by atoms with van der Waals surface area (Å²) < 4.78 is 11.5. The van der Waals surface area contributed by atoms with Crippen LogP contribution in [0.3, 0.4) is 0 Å². The van der Waals surface area contributed by atoms with Gasteiger partial charge in [0.2, 0.25) is 0 Å². The van der Waals surface area contributed by atoms with E-state index in [1.54, 1.807) is 24.3 Å². The first kappa shape index (κ1) is 22.8. The van der Waals surface area contributed by atoms with E-state index in [0.717, 1.165) is 16.7 Å². The van der Waals surface area contributed by atoms with Crippen LogP contribution in [-0.2, 0) is 17.7 Å². The number of ether oxygens (including phenoxy) is 2. The van der Waals surface area contributed by atoms with E-state index in [4.69, 9.17) is 21.1 Å². The van der Waals surface area contributed by atoms with Gasteiger partial charge >= 0.3 is 0 Å². The molecule has 170 valence electrons. The fraction of sp³-hybridized carbons (Fsp3) is 0.231. The molecule has 1 heterocycles. The first-order valence-electron chi connectivity index (χ1n) is 10.8. The lowest BCUT2D eigenvalue weighted by Crippen LogP contribution is -2.28. The minimum atomic E-state index is -0.177. The molecule has 6 nitrogen and oxygen atoms in total. The molecule has 3 aromatic carbocycles. The summed E-state index contributed by atoms with van der Waals surface area (Å²) in [4.78, 5) is 25.2. The van der Waals surface area contributed by atoms with Crippen molar-refractivity contribution in [3.05, 3.63) is 99.6 Å². The Morgan fingerprint density at radius 1 is 1.00 bits per heavy atom. The summed E-state index contributed by atoms with van der Waals surface area (Å²) in [7, 11) is 0. The van der Waals surface area contributed by atoms with E-state index >= 15 is 0 Å². The molecular weight excluding hydrogens is 440 g/mol. The molecule has 2 amide bonds. The van der Waals surface area contributed by atoms with E-state index in [0.29, 0.717) is 61.2 Å². The number of amides is 2. The Bertz CT molecular complexity index is 1130. The van der Waals surface area contributed by atoms with Gasteiger partial charge in [-0.05, 0) is 59.2 Å². The van der Waals surface area contributed by atoms with Gasteiger partial charge in [-0.3, -0.25) is 9.59 Å². The molecule has 2 N–H and O–H groups in total. The number of hydrogen-bond acceptors (Lipinski definition) is 4. The normalized spacial score (nSPS) is 14.3. The second-order valence-electron chi connectivity index (χ2n) is 7.73. The summed E-state index contributed by atoms with van der Waals surface area (Å²) in [5.41, 5.74) is 3.91. The van der Waals surface area contributed by atoms with Crippen molar-refractivity contribution in [2.75, 3.05) is 26.4 Å². The van der Waals surface area contributed by atoms with Gasteiger partial charge in [0.05, 0.1) is 13.2 Å². The largest absolute Gasteiger partial charge is 0.491 e. The van der Waals surface area contributed by atoms with Crippen molar-refractivity contribution in [2.45, 2.75) is 13.0 Å². The van der Waals surface area contributed by atoms with Gasteiger partial charge in [-0.25, -0.2) is 0 Å². The van der Waals surface area contributed by atoms with Crippen molar-refractivity contribution in [2.24, 2.45) is 0 Å². The van der Waals surface area contributed by atoms with Crippen LogP contribution in [0.25, 0.3) is 0 Å². The molecule has 1 aliphatic rings. The van der Waals surface area contributed by atoms with Gasteiger partial charge in [0.25, 0.3) is 11.8 Å². The van der Waals surface area contributed by atoms with E-state index in [-0.39, 0.29) is 11.8 Å². The minimum absolute atomic E-state index is 0.135. The lowest BCUT2D eigenvalue weighted by atomic mass is 9.99. The van der Waals surface area contributed by atoms with Crippen LogP contribution in [0.2, 0.25) is 5.02 Å². The predicted molar refractivity (Wildman–Crippen MR) is 127 cm³/mol. The molecule has 3 aromatic rings. The summed E-state index contributed by atoms with van der Waals surface area (Å²) in [6, 6.07) is 20.2. The lowest BCUT2D eigenvalue weighted by molar-refractivity contribution is 0.0865. The molecule has 0 unspecified atom stereocenters. The highest BCUT2D eigenvalue weighted by Crippen LogP contribution is 2.24. The highest BCUT2D eigenvalue weighted by atomic mass is 35.5. The molecule has 0 radical (unpaired) electrons. The second kappa shape index (κ2) is 11.0. The third-order valence-electron chi connectivity index (χ3n) is 5.29. The zero-order valence-electron chi connectivity index (χ0n) is 18.1. The van der Waals surface area contributed by atoms with Crippen LogP contribution >= 0.6 is 11.6 Å². The Hall–Kier alpha value is -3.35. The molecule has 0 aromatic heterocycles. The number of carbonyl (C=O) groups is 2.